The summed E-state index contributed by atoms with van der Waals surface area (Å²) >= 11 is 0. The van der Waals surface area contributed by atoms with Crippen molar-refractivity contribution in [2.75, 3.05) is 4.90 Å². The number of halogens is 3. The molecular formula is C20H15F3N4O5. The fourth-order valence-electron chi connectivity index (χ4n) is 3.26. The van der Waals surface area contributed by atoms with Crippen molar-refractivity contribution in [2.24, 2.45) is 0 Å². The highest BCUT2D eigenvalue weighted by atomic mass is 19.4. The van der Waals surface area contributed by atoms with Gasteiger partial charge in [0, 0.05) is 12.1 Å². The minimum atomic E-state index is -4.85. The maximum absolute atomic E-state index is 12.7. The molecule has 32 heavy (non-hydrogen) atoms. The van der Waals surface area contributed by atoms with E-state index in [2.05, 4.69) is 15.3 Å². The first-order valence-corrected chi connectivity index (χ1v) is 9.32. The van der Waals surface area contributed by atoms with Gasteiger partial charge in [0.2, 0.25) is 11.6 Å². The molecule has 1 saturated heterocycles. The summed E-state index contributed by atoms with van der Waals surface area (Å²) in [6.07, 6.45) is -5.04. The van der Waals surface area contributed by atoms with E-state index in [1.807, 2.05) is 0 Å². The normalized spacial score (nSPS) is 16.6. The van der Waals surface area contributed by atoms with E-state index in [9.17, 15) is 27.9 Å². The van der Waals surface area contributed by atoms with E-state index >= 15 is 0 Å². The number of benzene rings is 2. The van der Waals surface area contributed by atoms with Crippen LogP contribution in [0.4, 0.5) is 18.9 Å². The van der Waals surface area contributed by atoms with Crippen LogP contribution in [0.5, 0.6) is 11.7 Å². The lowest BCUT2D eigenvalue weighted by molar-refractivity contribution is -0.677. The molecule has 0 saturated carbocycles. The molecule has 1 N–H and O–H groups in total. The zero-order chi connectivity index (χ0) is 22.9. The van der Waals surface area contributed by atoms with Crippen LogP contribution in [0.15, 0.2) is 59.1 Å². The number of nitrogens with zero attached hydrogens (tertiary/aromatic N) is 3. The Bertz CT molecular complexity index is 1130. The Morgan fingerprint density at radius 1 is 1.16 bits per heavy atom. The van der Waals surface area contributed by atoms with Gasteiger partial charge in [0.25, 0.3) is 11.6 Å². The molecule has 12 heteroatoms. The predicted octanol–water partition coefficient (Wildman–Crippen LogP) is 1.35. The molecule has 1 fully saturated rings. The summed E-state index contributed by atoms with van der Waals surface area (Å²) in [5.41, 5.74) is 0.808. The van der Waals surface area contributed by atoms with E-state index in [1.54, 1.807) is 30.3 Å². The number of anilines is 1. The van der Waals surface area contributed by atoms with Crippen molar-refractivity contribution in [3.63, 3.8) is 0 Å². The summed E-state index contributed by atoms with van der Waals surface area (Å²) < 4.78 is 46.7. The first kappa shape index (κ1) is 21.3. The first-order valence-electron chi connectivity index (χ1n) is 9.32. The fraction of sp³-hybridized carbons (Fsp3) is 0.200. The summed E-state index contributed by atoms with van der Waals surface area (Å²) in [5.74, 6) is -2.32. The number of ether oxygens (including phenoxy) is 1. The summed E-state index contributed by atoms with van der Waals surface area (Å²) in [6.45, 7) is -0.104. The van der Waals surface area contributed by atoms with Gasteiger partial charge in [-0.25, -0.2) is 4.90 Å². The molecule has 2 amide bonds. The number of imide groups is 1. The van der Waals surface area contributed by atoms with Crippen molar-refractivity contribution in [1.82, 2.24) is 10.6 Å². The fourth-order valence-corrected chi connectivity index (χ4v) is 3.26. The zero-order valence-corrected chi connectivity index (χ0v) is 16.2. The Labute approximate surface area is 178 Å². The highest BCUT2D eigenvalue weighted by molar-refractivity contribution is 6.22. The number of nitrogens with one attached hydrogen (secondary N) is 1. The van der Waals surface area contributed by atoms with E-state index in [1.165, 1.54) is 16.8 Å². The number of carbonyl (C=O) groups excluding carboxylic acids is 2. The second-order valence-electron chi connectivity index (χ2n) is 6.80. The van der Waals surface area contributed by atoms with E-state index in [-0.39, 0.29) is 24.3 Å². The summed E-state index contributed by atoms with van der Waals surface area (Å²) in [4.78, 5) is 26.0. The molecule has 4 rings (SSSR count). The predicted molar refractivity (Wildman–Crippen MR) is 98.3 cm³/mol. The van der Waals surface area contributed by atoms with Crippen LogP contribution in [0.3, 0.4) is 0 Å². The van der Waals surface area contributed by atoms with Crippen molar-refractivity contribution >= 4 is 17.5 Å². The van der Waals surface area contributed by atoms with Gasteiger partial charge in [-0.1, -0.05) is 18.2 Å². The summed E-state index contributed by atoms with van der Waals surface area (Å²) in [5, 5.41) is 18.6. The van der Waals surface area contributed by atoms with E-state index in [4.69, 9.17) is 4.52 Å². The highest BCUT2D eigenvalue weighted by Gasteiger charge is 2.40. The van der Waals surface area contributed by atoms with Crippen molar-refractivity contribution in [2.45, 2.75) is 25.4 Å². The van der Waals surface area contributed by atoms with Crippen molar-refractivity contribution in [1.29, 1.82) is 0 Å². The molecule has 2 aromatic carbocycles. The van der Waals surface area contributed by atoms with Crippen LogP contribution < -0.4 is 24.7 Å². The first-order chi connectivity index (χ1) is 15.2. The Hall–Kier alpha value is -3.93. The molecule has 0 radical (unpaired) electrons. The second-order valence-corrected chi connectivity index (χ2v) is 6.80. The highest BCUT2D eigenvalue weighted by Crippen LogP contribution is 2.28. The van der Waals surface area contributed by atoms with Gasteiger partial charge in [0.1, 0.15) is 5.75 Å². The molecule has 0 spiro atoms. The Morgan fingerprint density at radius 2 is 1.84 bits per heavy atom. The molecule has 1 aliphatic rings. The van der Waals surface area contributed by atoms with Crippen molar-refractivity contribution < 1.29 is 41.8 Å². The SMILES string of the molecule is O=C1CC(NCc2c([O-])on[n+]2-c2ccccc2)C(=O)N1c1ccc(OC(F)(F)F)cc1. The van der Waals surface area contributed by atoms with Crippen LogP contribution >= 0.6 is 0 Å². The van der Waals surface area contributed by atoms with E-state index in [0.717, 1.165) is 17.0 Å². The number of aromatic nitrogens is 2. The maximum atomic E-state index is 12.7. The Kier molecular flexibility index (Phi) is 5.53. The molecule has 9 nitrogen and oxygen atoms in total. The molecule has 0 bridgehead atoms. The number of para-hydroxylation sites is 1. The minimum Gasteiger partial charge on any atom is -0.539 e. The van der Waals surface area contributed by atoms with Crippen LogP contribution in [0.1, 0.15) is 12.1 Å². The lowest BCUT2D eigenvalue weighted by Crippen LogP contribution is -2.43. The van der Waals surface area contributed by atoms with Crippen molar-refractivity contribution in [3.05, 3.63) is 60.3 Å². The molecule has 1 aliphatic heterocycles. The van der Waals surface area contributed by atoms with Gasteiger partial charge in [0.05, 0.1) is 30.0 Å². The number of amides is 2. The van der Waals surface area contributed by atoms with Gasteiger partial charge in [-0.3, -0.25) is 14.9 Å². The van der Waals surface area contributed by atoms with E-state index in [0.29, 0.717) is 5.69 Å². The summed E-state index contributed by atoms with van der Waals surface area (Å²) in [6, 6.07) is 12.2. The lowest BCUT2D eigenvalue weighted by Gasteiger charge is -2.16. The van der Waals surface area contributed by atoms with Crippen LogP contribution in [0.2, 0.25) is 0 Å². The number of hydrogen-bond acceptors (Lipinski definition) is 7. The molecular weight excluding hydrogens is 433 g/mol. The third kappa shape index (κ3) is 4.39. The average Bonchev–Trinajstić information content (AvgIpc) is 3.25. The lowest BCUT2D eigenvalue weighted by atomic mass is 10.2. The number of carbonyl (C=O) groups is 2. The second kappa shape index (κ2) is 8.30. The topological polar surface area (TPSA) is 112 Å². The molecule has 166 valence electrons. The number of hydrogen-bond donors (Lipinski definition) is 1. The molecule has 1 unspecified atom stereocenters. The van der Waals surface area contributed by atoms with E-state index < -0.39 is 35.9 Å². The average molecular weight is 448 g/mol. The van der Waals surface area contributed by atoms with Gasteiger partial charge in [0.15, 0.2) is 5.95 Å². The number of rotatable bonds is 6. The largest absolute Gasteiger partial charge is 0.573 e. The molecule has 0 aliphatic carbocycles. The van der Waals surface area contributed by atoms with Gasteiger partial charge in [-0.15, -0.1) is 13.2 Å². The van der Waals surface area contributed by atoms with Crippen molar-refractivity contribution in [3.8, 4) is 17.4 Å². The summed E-state index contributed by atoms with van der Waals surface area (Å²) in [7, 11) is 0. The monoisotopic (exact) mass is 448 g/mol. The third-order valence-electron chi connectivity index (χ3n) is 4.69. The maximum Gasteiger partial charge on any atom is 0.573 e. The zero-order valence-electron chi connectivity index (χ0n) is 16.2. The van der Waals surface area contributed by atoms with Crippen LogP contribution in [0.25, 0.3) is 5.69 Å². The standard InChI is InChI=1S/C20H15F3N4O5/c21-20(22,23)31-14-8-6-12(7-9-14)26-17(28)10-15(18(26)29)24-11-16-19(30)32-25-27(16)13-4-2-1-3-5-13/h1-9,15,24H,10-11H2. The van der Waals surface area contributed by atoms with Gasteiger partial charge >= 0.3 is 6.36 Å². The van der Waals surface area contributed by atoms with Gasteiger partial charge < -0.3 is 14.4 Å². The smallest absolute Gasteiger partial charge is 0.539 e. The third-order valence-corrected chi connectivity index (χ3v) is 4.69. The Balaban J connectivity index is 1.46. The van der Waals surface area contributed by atoms with Crippen LogP contribution in [-0.2, 0) is 16.1 Å². The van der Waals surface area contributed by atoms with Crippen LogP contribution in [-0.4, -0.2) is 29.5 Å². The van der Waals surface area contributed by atoms with Gasteiger partial charge in [-0.05, 0) is 28.9 Å². The minimum absolute atomic E-state index is 0.104. The molecule has 2 heterocycles. The molecule has 1 atom stereocenters. The Morgan fingerprint density at radius 3 is 2.50 bits per heavy atom. The number of alkyl halides is 3. The molecule has 3 aromatic rings. The quantitative estimate of drug-likeness (QED) is 0.448. The van der Waals surface area contributed by atoms with Gasteiger partial charge in [-0.2, -0.15) is 0 Å². The molecule has 1 aromatic heterocycles. The van der Waals surface area contributed by atoms with Crippen LogP contribution in [0, 0.1) is 0 Å².